The summed E-state index contributed by atoms with van der Waals surface area (Å²) in [7, 11) is 0. The van der Waals surface area contributed by atoms with Crippen LogP contribution in [0.4, 0.5) is 10.2 Å². The van der Waals surface area contributed by atoms with Gasteiger partial charge >= 0.3 is 0 Å². The molecule has 3 aromatic rings. The summed E-state index contributed by atoms with van der Waals surface area (Å²) in [4.78, 5) is 20.1. The number of nitrogens with one attached hydrogen (secondary N) is 2. The molecule has 4 rings (SSSR count). The van der Waals surface area contributed by atoms with Gasteiger partial charge in [0, 0.05) is 23.9 Å². The predicted molar refractivity (Wildman–Crippen MR) is 102 cm³/mol. The minimum Gasteiger partial charge on any atom is -0.366 e. The minimum atomic E-state index is -0.717. The summed E-state index contributed by atoms with van der Waals surface area (Å²) in [5.41, 5.74) is 7.03. The molecular weight excluding hydrogens is 345 g/mol. The van der Waals surface area contributed by atoms with E-state index in [0.29, 0.717) is 22.6 Å². The van der Waals surface area contributed by atoms with E-state index in [1.807, 2.05) is 18.2 Å². The van der Waals surface area contributed by atoms with E-state index in [2.05, 4.69) is 32.7 Å². The molecule has 0 bridgehead atoms. The quantitative estimate of drug-likeness (QED) is 0.660. The fraction of sp³-hybridized carbons (Fsp3) is 0.250. The van der Waals surface area contributed by atoms with E-state index in [1.54, 1.807) is 0 Å². The van der Waals surface area contributed by atoms with Gasteiger partial charge in [-0.1, -0.05) is 30.3 Å². The number of primary amides is 1. The van der Waals surface area contributed by atoms with Crippen molar-refractivity contribution in [1.29, 1.82) is 0 Å². The number of benzene rings is 2. The molecule has 138 valence electrons. The molecular formula is C20H20FN5O. The lowest BCUT2D eigenvalue weighted by atomic mass is 9.86. The van der Waals surface area contributed by atoms with Gasteiger partial charge in [-0.2, -0.15) is 0 Å². The number of hydrogen-bond acceptors (Lipinski definition) is 5. The summed E-state index contributed by atoms with van der Waals surface area (Å²) in [6.07, 6.45) is 2.34. The molecule has 2 aromatic carbocycles. The lowest BCUT2D eigenvalue weighted by Crippen LogP contribution is -2.44. The van der Waals surface area contributed by atoms with Crippen molar-refractivity contribution >= 4 is 22.6 Å². The Balaban J connectivity index is 1.73. The van der Waals surface area contributed by atoms with Crippen molar-refractivity contribution < 1.29 is 9.18 Å². The molecule has 0 spiro atoms. The summed E-state index contributed by atoms with van der Waals surface area (Å²) >= 11 is 0. The average molecular weight is 365 g/mol. The molecule has 0 radical (unpaired) electrons. The molecule has 4 N–H and O–H groups in total. The number of piperidine rings is 1. The summed E-state index contributed by atoms with van der Waals surface area (Å²) in [5.74, 6) is -0.473. The van der Waals surface area contributed by atoms with E-state index in [4.69, 9.17) is 5.73 Å². The summed E-state index contributed by atoms with van der Waals surface area (Å²) in [6, 6.07) is 12.8. The van der Waals surface area contributed by atoms with Crippen molar-refractivity contribution in [3.8, 4) is 0 Å². The highest BCUT2D eigenvalue weighted by atomic mass is 19.1. The molecule has 1 aromatic heterocycles. The van der Waals surface area contributed by atoms with Gasteiger partial charge in [-0.15, -0.1) is 0 Å². The van der Waals surface area contributed by atoms with Crippen LogP contribution >= 0.6 is 0 Å². The number of carbonyl (C=O) groups is 1. The number of amides is 1. The van der Waals surface area contributed by atoms with Gasteiger partial charge in [-0.05, 0) is 30.7 Å². The number of hydrogen-bond donors (Lipinski definition) is 3. The largest absolute Gasteiger partial charge is 0.366 e. The Kier molecular flexibility index (Phi) is 4.68. The van der Waals surface area contributed by atoms with Gasteiger partial charge in [0.15, 0.2) is 0 Å². The van der Waals surface area contributed by atoms with E-state index in [0.717, 1.165) is 25.6 Å². The van der Waals surface area contributed by atoms with Crippen LogP contribution in [0.15, 0.2) is 48.8 Å². The second-order valence-electron chi connectivity index (χ2n) is 6.70. The molecule has 2 heterocycles. The molecule has 0 unspecified atom stereocenters. The van der Waals surface area contributed by atoms with Crippen LogP contribution in [0.5, 0.6) is 0 Å². The van der Waals surface area contributed by atoms with Gasteiger partial charge in [-0.25, -0.2) is 14.4 Å². The molecule has 1 amide bonds. The highest BCUT2D eigenvalue weighted by Gasteiger charge is 2.27. The Hall–Kier alpha value is -3.06. The maximum Gasteiger partial charge on any atom is 0.251 e. The summed E-state index contributed by atoms with van der Waals surface area (Å²) < 4.78 is 14.1. The minimum absolute atomic E-state index is 0.0526. The van der Waals surface area contributed by atoms with Crippen LogP contribution in [-0.2, 0) is 0 Å². The third kappa shape index (κ3) is 3.46. The highest BCUT2D eigenvalue weighted by molar-refractivity contribution is 6.07. The lowest BCUT2D eigenvalue weighted by molar-refractivity contribution is 0.100. The first-order chi connectivity index (χ1) is 13.1. The van der Waals surface area contributed by atoms with Crippen molar-refractivity contribution in [3.63, 3.8) is 0 Å². The van der Waals surface area contributed by atoms with Crippen LogP contribution in [0.1, 0.15) is 28.3 Å². The Morgan fingerprint density at radius 3 is 2.81 bits per heavy atom. The molecule has 1 fully saturated rings. The average Bonchev–Trinajstić information content (AvgIpc) is 2.69. The number of aromatic nitrogens is 2. The van der Waals surface area contributed by atoms with Gasteiger partial charge in [0.05, 0.1) is 11.1 Å². The zero-order chi connectivity index (χ0) is 18.8. The Labute approximate surface area is 156 Å². The normalized spacial score (nSPS) is 19.7. The smallest absolute Gasteiger partial charge is 0.251 e. The van der Waals surface area contributed by atoms with E-state index >= 15 is 0 Å². The standard InChI is InChI=1S/C20H20FN5O/c21-13-8-15(19(22)27)18-16(9-13)20(25-11-24-18)26-17-10-23-7-6-14(17)12-4-2-1-3-5-12/h1-5,8-9,11,14,17,23H,6-7,10H2,(H2,22,27)(H,24,25,26)/t14-,17+/m1/s1. The van der Waals surface area contributed by atoms with Crippen molar-refractivity contribution in [1.82, 2.24) is 15.3 Å². The van der Waals surface area contributed by atoms with Crippen LogP contribution in [0.25, 0.3) is 10.9 Å². The number of nitrogens with two attached hydrogens (primary N) is 1. The molecule has 1 saturated heterocycles. The number of anilines is 1. The van der Waals surface area contributed by atoms with Crippen LogP contribution < -0.4 is 16.4 Å². The SMILES string of the molecule is NC(=O)c1cc(F)cc2c(N[C@H]3CNCC[C@@H]3c3ccccc3)ncnc12. The number of halogens is 1. The molecule has 6 nitrogen and oxygen atoms in total. The maximum atomic E-state index is 14.1. The van der Waals surface area contributed by atoms with Crippen molar-refractivity contribution in [3.05, 3.63) is 65.7 Å². The second-order valence-corrected chi connectivity index (χ2v) is 6.70. The zero-order valence-electron chi connectivity index (χ0n) is 14.7. The van der Waals surface area contributed by atoms with E-state index in [-0.39, 0.29) is 11.6 Å². The molecule has 0 aliphatic carbocycles. The zero-order valence-corrected chi connectivity index (χ0v) is 14.7. The second kappa shape index (κ2) is 7.28. The third-order valence-corrected chi connectivity index (χ3v) is 5.00. The Bertz CT molecular complexity index is 979. The molecule has 1 aliphatic heterocycles. The van der Waals surface area contributed by atoms with Crippen LogP contribution in [0, 0.1) is 5.82 Å². The third-order valence-electron chi connectivity index (χ3n) is 5.00. The first-order valence-electron chi connectivity index (χ1n) is 8.90. The predicted octanol–water partition coefficient (Wildman–Crippen LogP) is 2.43. The van der Waals surface area contributed by atoms with Gasteiger partial charge in [0.2, 0.25) is 0 Å². The van der Waals surface area contributed by atoms with Gasteiger partial charge in [-0.3, -0.25) is 4.79 Å². The van der Waals surface area contributed by atoms with Crippen LogP contribution in [0.2, 0.25) is 0 Å². The first kappa shape index (κ1) is 17.4. The van der Waals surface area contributed by atoms with E-state index < -0.39 is 11.7 Å². The van der Waals surface area contributed by atoms with E-state index in [1.165, 1.54) is 18.0 Å². The summed E-state index contributed by atoms with van der Waals surface area (Å²) in [6.45, 7) is 1.69. The number of carbonyl (C=O) groups excluding carboxylic acids is 1. The van der Waals surface area contributed by atoms with Crippen LogP contribution in [0.3, 0.4) is 0 Å². The Morgan fingerprint density at radius 1 is 1.22 bits per heavy atom. The van der Waals surface area contributed by atoms with Crippen molar-refractivity contribution in [2.75, 3.05) is 18.4 Å². The van der Waals surface area contributed by atoms with Crippen LogP contribution in [-0.4, -0.2) is 35.0 Å². The maximum absolute atomic E-state index is 14.1. The molecule has 27 heavy (non-hydrogen) atoms. The number of nitrogens with zero attached hydrogens (tertiary/aromatic N) is 2. The number of fused-ring (bicyclic) bond motifs is 1. The summed E-state index contributed by atoms with van der Waals surface area (Å²) in [5, 5.41) is 7.27. The fourth-order valence-corrected chi connectivity index (χ4v) is 3.72. The monoisotopic (exact) mass is 365 g/mol. The number of rotatable bonds is 4. The van der Waals surface area contributed by atoms with Gasteiger partial charge < -0.3 is 16.4 Å². The lowest BCUT2D eigenvalue weighted by Gasteiger charge is -2.33. The fourth-order valence-electron chi connectivity index (χ4n) is 3.72. The van der Waals surface area contributed by atoms with E-state index in [9.17, 15) is 9.18 Å². The highest BCUT2D eigenvalue weighted by Crippen LogP contribution is 2.30. The van der Waals surface area contributed by atoms with Gasteiger partial charge in [0.1, 0.15) is 18.0 Å². The molecule has 2 atom stereocenters. The molecule has 1 aliphatic rings. The Morgan fingerprint density at radius 2 is 2.04 bits per heavy atom. The van der Waals surface area contributed by atoms with Gasteiger partial charge in [0.25, 0.3) is 5.91 Å². The topological polar surface area (TPSA) is 92.9 Å². The van der Waals surface area contributed by atoms with Crippen molar-refractivity contribution in [2.45, 2.75) is 18.4 Å². The van der Waals surface area contributed by atoms with Crippen molar-refractivity contribution in [2.24, 2.45) is 5.73 Å². The molecule has 7 heteroatoms. The molecule has 0 saturated carbocycles. The first-order valence-corrected chi connectivity index (χ1v) is 8.90.